The number of Topliss-reactive ketones (excluding diaryl/α,β-unsaturated/α-hetero) is 1. The van der Waals surface area contributed by atoms with Gasteiger partial charge in [-0.3, -0.25) is 9.69 Å². The van der Waals surface area contributed by atoms with Gasteiger partial charge in [-0.05, 0) is 73.8 Å². The average Bonchev–Trinajstić information content (AvgIpc) is 2.99. The molecule has 2 aromatic carbocycles. The van der Waals surface area contributed by atoms with Gasteiger partial charge in [0.05, 0.1) is 24.4 Å². The van der Waals surface area contributed by atoms with Gasteiger partial charge in [-0.25, -0.2) is 9.83 Å². The number of aromatic nitrogens is 1. The van der Waals surface area contributed by atoms with Crippen LogP contribution in [-0.4, -0.2) is 48.0 Å². The number of anilines is 1. The second-order valence-electron chi connectivity index (χ2n) is 10.5. The highest BCUT2D eigenvalue weighted by Crippen LogP contribution is 2.26. The lowest BCUT2D eigenvalue weighted by Gasteiger charge is -2.33. The summed E-state index contributed by atoms with van der Waals surface area (Å²) in [5.74, 6) is 1.20. The lowest BCUT2D eigenvalue weighted by molar-refractivity contribution is 0.0920. The Morgan fingerprint density at radius 2 is 1.69 bits per heavy atom. The molecule has 7 nitrogen and oxygen atoms in total. The fourth-order valence-electron chi connectivity index (χ4n) is 5.44. The van der Waals surface area contributed by atoms with Crippen LogP contribution in [0.1, 0.15) is 53.7 Å². The van der Waals surface area contributed by atoms with Crippen LogP contribution >= 0.6 is 0 Å². The summed E-state index contributed by atoms with van der Waals surface area (Å²) < 4.78 is 6.17. The van der Waals surface area contributed by atoms with E-state index in [1.54, 1.807) is 12.3 Å². The predicted molar refractivity (Wildman–Crippen MR) is 151 cm³/mol. The molecule has 3 aromatic rings. The molecule has 0 N–H and O–H groups in total. The Morgan fingerprint density at radius 3 is 2.31 bits per heavy atom. The first-order chi connectivity index (χ1) is 19.1. The molecule has 2 saturated heterocycles. The number of piperidine rings is 2. The van der Waals surface area contributed by atoms with Crippen molar-refractivity contribution in [1.82, 2.24) is 9.88 Å². The second-order valence-corrected chi connectivity index (χ2v) is 10.5. The Hall–Kier alpha value is -4.20. The zero-order valence-corrected chi connectivity index (χ0v) is 22.1. The number of nitriles is 1. The van der Waals surface area contributed by atoms with E-state index in [0.717, 1.165) is 64.1 Å². The Kier molecular flexibility index (Phi) is 8.51. The van der Waals surface area contributed by atoms with Crippen molar-refractivity contribution in [3.05, 3.63) is 95.1 Å². The number of likely N-dealkylation sites (tertiary alicyclic amines) is 1. The van der Waals surface area contributed by atoms with Gasteiger partial charge in [0.2, 0.25) is 0 Å². The van der Waals surface area contributed by atoms with Crippen molar-refractivity contribution < 1.29 is 9.53 Å². The Morgan fingerprint density at radius 1 is 0.974 bits per heavy atom. The monoisotopic (exact) mass is 519 g/mol. The number of hydrogen-bond acceptors (Lipinski definition) is 6. The zero-order valence-electron chi connectivity index (χ0n) is 22.1. The summed E-state index contributed by atoms with van der Waals surface area (Å²) in [6.07, 6.45) is 6.18. The molecular formula is C32H33N5O2. The zero-order chi connectivity index (χ0) is 27.0. The van der Waals surface area contributed by atoms with E-state index < -0.39 is 0 Å². The maximum Gasteiger partial charge on any atom is 0.187 e. The fraction of sp³-hybridized carbons (Fsp3) is 0.375. The van der Waals surface area contributed by atoms with Gasteiger partial charge in [-0.1, -0.05) is 24.3 Å². The molecule has 0 radical (unpaired) electrons. The van der Waals surface area contributed by atoms with Gasteiger partial charge < -0.3 is 9.64 Å². The number of carbonyl (C=O) groups is 1. The third-order valence-electron chi connectivity index (χ3n) is 7.78. The first-order valence-corrected chi connectivity index (χ1v) is 13.7. The molecule has 2 aliphatic heterocycles. The van der Waals surface area contributed by atoms with E-state index in [9.17, 15) is 4.79 Å². The van der Waals surface area contributed by atoms with Gasteiger partial charge in [0.1, 0.15) is 17.5 Å². The maximum atomic E-state index is 12.9. The predicted octanol–water partition coefficient (Wildman–Crippen LogP) is 6.04. The SMILES string of the molecule is [C-]#[N+]c1ccc(N2CCC(Oc3ccc(C(=O)CC4CCN(Cc5ccc(C#N)cc5)CC4)nc3)CC2)cc1. The number of pyridine rings is 1. The first-order valence-electron chi connectivity index (χ1n) is 13.7. The lowest BCUT2D eigenvalue weighted by atomic mass is 9.90. The van der Waals surface area contributed by atoms with E-state index in [1.807, 2.05) is 54.6 Å². The first kappa shape index (κ1) is 26.4. The van der Waals surface area contributed by atoms with Crippen molar-refractivity contribution in [2.24, 2.45) is 5.92 Å². The third kappa shape index (κ3) is 7.02. The molecule has 2 aliphatic rings. The molecule has 2 fully saturated rings. The molecule has 0 unspecified atom stereocenters. The van der Waals surface area contributed by atoms with E-state index in [4.69, 9.17) is 16.6 Å². The van der Waals surface area contributed by atoms with Gasteiger partial charge in [0.25, 0.3) is 0 Å². The molecule has 39 heavy (non-hydrogen) atoms. The van der Waals surface area contributed by atoms with E-state index in [1.165, 1.54) is 5.56 Å². The molecule has 0 amide bonds. The van der Waals surface area contributed by atoms with Crippen LogP contribution in [0, 0.1) is 23.8 Å². The molecular weight excluding hydrogens is 486 g/mol. The summed E-state index contributed by atoms with van der Waals surface area (Å²) in [5.41, 5.74) is 4.22. The van der Waals surface area contributed by atoms with Crippen LogP contribution in [-0.2, 0) is 6.54 Å². The van der Waals surface area contributed by atoms with E-state index >= 15 is 0 Å². The number of rotatable bonds is 8. The molecule has 1 aromatic heterocycles. The van der Waals surface area contributed by atoms with Crippen LogP contribution < -0.4 is 9.64 Å². The minimum Gasteiger partial charge on any atom is -0.489 e. The number of carbonyl (C=O) groups excluding carboxylic acids is 1. The minimum absolute atomic E-state index is 0.102. The summed E-state index contributed by atoms with van der Waals surface area (Å²) >= 11 is 0. The van der Waals surface area contributed by atoms with Crippen molar-refractivity contribution >= 4 is 17.2 Å². The number of ether oxygens (including phenoxy) is 1. The van der Waals surface area contributed by atoms with Crippen molar-refractivity contribution in [1.29, 1.82) is 5.26 Å². The molecule has 5 rings (SSSR count). The number of ketones is 1. The molecule has 0 bridgehead atoms. The summed E-state index contributed by atoms with van der Waals surface area (Å²) in [4.78, 5) is 25.5. The van der Waals surface area contributed by atoms with Crippen LogP contribution in [0.15, 0.2) is 66.9 Å². The summed E-state index contributed by atoms with van der Waals surface area (Å²) in [7, 11) is 0. The smallest absolute Gasteiger partial charge is 0.187 e. The highest BCUT2D eigenvalue weighted by molar-refractivity contribution is 5.94. The summed E-state index contributed by atoms with van der Waals surface area (Å²) in [6.45, 7) is 11.7. The largest absolute Gasteiger partial charge is 0.489 e. The summed E-state index contributed by atoms with van der Waals surface area (Å²) in [6, 6.07) is 21.4. The van der Waals surface area contributed by atoms with Crippen LogP contribution in [0.4, 0.5) is 11.4 Å². The van der Waals surface area contributed by atoms with Crippen molar-refractivity contribution in [3.8, 4) is 11.8 Å². The molecule has 7 heteroatoms. The van der Waals surface area contributed by atoms with E-state index in [0.29, 0.717) is 35.0 Å². The number of nitrogens with zero attached hydrogens (tertiary/aromatic N) is 5. The minimum atomic E-state index is 0.102. The van der Waals surface area contributed by atoms with E-state index in [-0.39, 0.29) is 11.9 Å². The standard InChI is InChI=1S/C32H33N5O2/c1-34-27-6-8-28(9-7-27)37-18-14-29(15-19-37)39-30-10-11-31(35-22-30)32(38)20-24-12-16-36(17-13-24)23-26-4-2-25(21-33)3-5-26/h2-11,22,24,29H,12-20,23H2. The third-order valence-corrected chi connectivity index (χ3v) is 7.78. The maximum absolute atomic E-state index is 12.9. The van der Waals surface area contributed by atoms with Crippen molar-refractivity contribution in [3.63, 3.8) is 0 Å². The normalized spacial score (nSPS) is 16.8. The lowest BCUT2D eigenvalue weighted by Crippen LogP contribution is -2.38. The highest BCUT2D eigenvalue weighted by Gasteiger charge is 2.24. The average molecular weight is 520 g/mol. The van der Waals surface area contributed by atoms with Gasteiger partial charge in [0, 0.05) is 44.6 Å². The van der Waals surface area contributed by atoms with Crippen LogP contribution in [0.3, 0.4) is 0 Å². The van der Waals surface area contributed by atoms with E-state index in [2.05, 4.69) is 25.7 Å². The molecule has 0 aliphatic carbocycles. The number of benzene rings is 2. The van der Waals surface area contributed by atoms with Crippen LogP contribution in [0.25, 0.3) is 4.85 Å². The second kappa shape index (κ2) is 12.6. The van der Waals surface area contributed by atoms with Crippen LogP contribution in [0.2, 0.25) is 0 Å². The van der Waals surface area contributed by atoms with Crippen molar-refractivity contribution in [2.45, 2.75) is 44.8 Å². The van der Waals surface area contributed by atoms with Gasteiger partial charge >= 0.3 is 0 Å². The van der Waals surface area contributed by atoms with Crippen LogP contribution in [0.5, 0.6) is 5.75 Å². The fourth-order valence-corrected chi connectivity index (χ4v) is 5.44. The van der Waals surface area contributed by atoms with Gasteiger partial charge in [-0.2, -0.15) is 5.26 Å². The highest BCUT2D eigenvalue weighted by atomic mass is 16.5. The topological polar surface area (TPSA) is 73.8 Å². The van der Waals surface area contributed by atoms with Crippen molar-refractivity contribution in [2.75, 3.05) is 31.1 Å². The molecule has 0 saturated carbocycles. The Balaban J connectivity index is 1.04. The van der Waals surface area contributed by atoms with Gasteiger partial charge in [-0.15, -0.1) is 0 Å². The van der Waals surface area contributed by atoms with Gasteiger partial charge in [0.15, 0.2) is 11.5 Å². The number of hydrogen-bond donors (Lipinski definition) is 0. The summed E-state index contributed by atoms with van der Waals surface area (Å²) in [5, 5.41) is 8.96. The molecule has 3 heterocycles. The Labute approximate surface area is 230 Å². The molecule has 198 valence electrons. The molecule has 0 atom stereocenters. The Bertz CT molecular complexity index is 1320. The quantitative estimate of drug-likeness (QED) is 0.267. The molecule has 0 spiro atoms.